The van der Waals surface area contributed by atoms with Crippen LogP contribution in [-0.4, -0.2) is 34.3 Å². The molecule has 0 spiro atoms. The quantitative estimate of drug-likeness (QED) is 0.484. The summed E-state index contributed by atoms with van der Waals surface area (Å²) in [7, 11) is 0. The summed E-state index contributed by atoms with van der Waals surface area (Å²) in [5.41, 5.74) is 1.83. The number of rotatable bonds is 3. The highest BCUT2D eigenvalue weighted by molar-refractivity contribution is 5.93. The summed E-state index contributed by atoms with van der Waals surface area (Å²) in [6, 6.07) is 14.7. The van der Waals surface area contributed by atoms with Gasteiger partial charge in [-0.05, 0) is 51.1 Å². The summed E-state index contributed by atoms with van der Waals surface area (Å²) in [6.45, 7) is 6.21. The fourth-order valence-electron chi connectivity index (χ4n) is 3.42. The van der Waals surface area contributed by atoms with Crippen molar-refractivity contribution in [2.24, 2.45) is 0 Å². The molecule has 5 rings (SSSR count). The van der Waals surface area contributed by atoms with E-state index in [1.54, 1.807) is 28.9 Å². The summed E-state index contributed by atoms with van der Waals surface area (Å²) in [6.07, 6.45) is 3.19. The third-order valence-corrected chi connectivity index (χ3v) is 4.82. The molecule has 4 aromatic heterocycles. The van der Waals surface area contributed by atoms with Crippen molar-refractivity contribution in [3.63, 3.8) is 0 Å². The number of hydrogen-bond acceptors (Lipinski definition) is 7. The zero-order valence-electron chi connectivity index (χ0n) is 17.3. The van der Waals surface area contributed by atoms with Crippen molar-refractivity contribution in [3.8, 4) is 11.5 Å². The predicted molar refractivity (Wildman–Crippen MR) is 118 cm³/mol. The third kappa shape index (κ3) is 3.29. The lowest BCUT2D eigenvalue weighted by atomic mass is 10.1. The van der Waals surface area contributed by atoms with Gasteiger partial charge in [-0.1, -0.05) is 18.2 Å². The molecule has 0 fully saturated rings. The van der Waals surface area contributed by atoms with Crippen molar-refractivity contribution in [3.05, 3.63) is 71.3 Å². The first-order valence-corrected chi connectivity index (χ1v) is 9.84. The van der Waals surface area contributed by atoms with Gasteiger partial charge in [-0.15, -0.1) is 5.10 Å². The second kappa shape index (κ2) is 6.98. The average molecular weight is 412 g/mol. The zero-order chi connectivity index (χ0) is 21.6. The second-order valence-electron chi connectivity index (χ2n) is 8.10. The molecule has 0 atom stereocenters. The monoisotopic (exact) mass is 412 g/mol. The van der Waals surface area contributed by atoms with Crippen LogP contribution in [0.2, 0.25) is 0 Å². The van der Waals surface area contributed by atoms with Gasteiger partial charge < -0.3 is 5.32 Å². The Morgan fingerprint density at radius 1 is 0.935 bits per heavy atom. The highest BCUT2D eigenvalue weighted by atomic mass is 16.1. The summed E-state index contributed by atoms with van der Waals surface area (Å²) in [5.74, 6) is 0.895. The molecular formula is C22H20N8O. The Morgan fingerprint density at radius 3 is 2.58 bits per heavy atom. The van der Waals surface area contributed by atoms with Crippen molar-refractivity contribution in [1.29, 1.82) is 0 Å². The van der Waals surface area contributed by atoms with Crippen LogP contribution in [0.15, 0.2) is 65.7 Å². The molecular weight excluding hydrogens is 392 g/mol. The maximum absolute atomic E-state index is 12.3. The number of nitrogens with one attached hydrogen (secondary N) is 1. The Hall–Kier alpha value is -4.14. The molecule has 154 valence electrons. The lowest BCUT2D eigenvalue weighted by Gasteiger charge is -2.21. The normalized spacial score (nSPS) is 11.8. The fraction of sp³-hybridized carbons (Fsp3) is 0.182. The molecule has 0 bridgehead atoms. The molecule has 0 aliphatic carbocycles. The number of para-hydroxylation sites is 1. The first-order valence-electron chi connectivity index (χ1n) is 9.84. The SMILES string of the molecule is CC(C)(C)n1nccc1-c1nc2c3ccccc3nc(Nc3ccccnc3=O)n2n1. The van der Waals surface area contributed by atoms with Gasteiger partial charge >= 0.3 is 0 Å². The van der Waals surface area contributed by atoms with E-state index >= 15 is 0 Å². The molecule has 0 aliphatic rings. The van der Waals surface area contributed by atoms with E-state index in [0.29, 0.717) is 23.1 Å². The summed E-state index contributed by atoms with van der Waals surface area (Å²) in [4.78, 5) is 25.7. The van der Waals surface area contributed by atoms with Crippen molar-refractivity contribution in [1.82, 2.24) is 34.3 Å². The Balaban J connectivity index is 1.76. The molecule has 0 radical (unpaired) electrons. The number of anilines is 2. The molecule has 0 aliphatic heterocycles. The molecule has 1 aromatic carbocycles. The van der Waals surface area contributed by atoms with Gasteiger partial charge in [0.1, 0.15) is 11.4 Å². The molecule has 0 saturated carbocycles. The molecule has 1 N–H and O–H groups in total. The van der Waals surface area contributed by atoms with Gasteiger partial charge in [-0.3, -0.25) is 9.48 Å². The van der Waals surface area contributed by atoms with Crippen molar-refractivity contribution in [2.75, 3.05) is 5.32 Å². The maximum atomic E-state index is 12.3. The molecule has 31 heavy (non-hydrogen) atoms. The highest BCUT2D eigenvalue weighted by Gasteiger charge is 2.22. The first-order chi connectivity index (χ1) is 14.9. The van der Waals surface area contributed by atoms with E-state index in [2.05, 4.69) is 41.2 Å². The van der Waals surface area contributed by atoms with Crippen LogP contribution in [-0.2, 0) is 5.54 Å². The van der Waals surface area contributed by atoms with Crippen LogP contribution in [0.3, 0.4) is 0 Å². The zero-order valence-corrected chi connectivity index (χ0v) is 17.3. The first kappa shape index (κ1) is 18.9. The molecule has 5 aromatic rings. The minimum atomic E-state index is -0.390. The van der Waals surface area contributed by atoms with Crippen LogP contribution in [0.25, 0.3) is 28.1 Å². The van der Waals surface area contributed by atoms with Gasteiger partial charge in [0.25, 0.3) is 5.56 Å². The summed E-state index contributed by atoms with van der Waals surface area (Å²) in [5, 5.41) is 13.1. The number of aromatic nitrogens is 7. The fourth-order valence-corrected chi connectivity index (χ4v) is 3.42. The Morgan fingerprint density at radius 2 is 1.74 bits per heavy atom. The second-order valence-corrected chi connectivity index (χ2v) is 8.10. The van der Waals surface area contributed by atoms with Crippen LogP contribution in [0.4, 0.5) is 11.6 Å². The standard InChI is InChI=1S/C22H20N8O/c1-22(2,3)30-17(11-13-24-30)18-27-19-14-8-4-5-9-15(14)25-21(29(19)28-18)26-16-10-6-7-12-23-20(16)31/h4-13H,1-3H3,(H,23,25,26,31). The topological polar surface area (TPSA) is 103 Å². The van der Waals surface area contributed by atoms with Gasteiger partial charge in [0, 0.05) is 17.8 Å². The minimum absolute atomic E-state index is 0.236. The van der Waals surface area contributed by atoms with Crippen molar-refractivity contribution in [2.45, 2.75) is 26.3 Å². The Labute approximate surface area is 177 Å². The minimum Gasteiger partial charge on any atom is -0.319 e. The van der Waals surface area contributed by atoms with E-state index in [1.807, 2.05) is 35.0 Å². The van der Waals surface area contributed by atoms with Gasteiger partial charge in [0.05, 0.1) is 11.1 Å². The van der Waals surface area contributed by atoms with E-state index in [4.69, 9.17) is 10.1 Å². The van der Waals surface area contributed by atoms with Crippen molar-refractivity contribution < 1.29 is 0 Å². The molecule has 9 heteroatoms. The number of hydrogen-bond donors (Lipinski definition) is 1. The van der Waals surface area contributed by atoms with E-state index in [0.717, 1.165) is 16.6 Å². The highest BCUT2D eigenvalue weighted by Crippen LogP contribution is 2.27. The third-order valence-electron chi connectivity index (χ3n) is 4.82. The van der Waals surface area contributed by atoms with E-state index in [1.165, 1.54) is 6.20 Å². The molecule has 0 saturated heterocycles. The largest absolute Gasteiger partial charge is 0.319 e. The summed E-state index contributed by atoms with van der Waals surface area (Å²) >= 11 is 0. The van der Waals surface area contributed by atoms with E-state index < -0.39 is 0 Å². The lowest BCUT2D eigenvalue weighted by molar-refractivity contribution is 0.359. The van der Waals surface area contributed by atoms with Crippen LogP contribution >= 0.6 is 0 Å². The van der Waals surface area contributed by atoms with Crippen LogP contribution in [0, 0.1) is 0 Å². The number of fused-ring (bicyclic) bond motifs is 3. The Kier molecular flexibility index (Phi) is 4.25. The van der Waals surface area contributed by atoms with Gasteiger partial charge in [0.2, 0.25) is 11.8 Å². The van der Waals surface area contributed by atoms with Crippen molar-refractivity contribution >= 4 is 28.2 Å². The molecule has 4 heterocycles. The smallest absolute Gasteiger partial charge is 0.293 e. The average Bonchev–Trinajstić information content (AvgIpc) is 3.35. The number of nitrogens with zero attached hydrogens (tertiary/aromatic N) is 7. The lowest BCUT2D eigenvalue weighted by Crippen LogP contribution is -2.24. The van der Waals surface area contributed by atoms with Crippen LogP contribution in [0.5, 0.6) is 0 Å². The van der Waals surface area contributed by atoms with E-state index in [9.17, 15) is 4.79 Å². The Bertz CT molecular complexity index is 1480. The number of benzene rings is 1. The van der Waals surface area contributed by atoms with Crippen LogP contribution < -0.4 is 10.9 Å². The molecule has 0 amide bonds. The molecule has 0 unspecified atom stereocenters. The predicted octanol–water partition coefficient (Wildman–Crippen LogP) is 3.39. The van der Waals surface area contributed by atoms with E-state index in [-0.39, 0.29) is 11.1 Å². The van der Waals surface area contributed by atoms with Crippen LogP contribution in [0.1, 0.15) is 20.8 Å². The maximum Gasteiger partial charge on any atom is 0.293 e. The molecule has 9 nitrogen and oxygen atoms in total. The van der Waals surface area contributed by atoms with Gasteiger partial charge in [0.15, 0.2) is 5.65 Å². The summed E-state index contributed by atoms with van der Waals surface area (Å²) < 4.78 is 3.51. The van der Waals surface area contributed by atoms with Gasteiger partial charge in [-0.25, -0.2) is 15.0 Å². The van der Waals surface area contributed by atoms with Gasteiger partial charge in [-0.2, -0.15) is 9.61 Å².